The number of amides is 1. The van der Waals surface area contributed by atoms with Gasteiger partial charge in [0.2, 0.25) is 11.1 Å². The van der Waals surface area contributed by atoms with Crippen LogP contribution in [0.3, 0.4) is 0 Å². The van der Waals surface area contributed by atoms with Crippen LogP contribution in [0.25, 0.3) is 0 Å². The zero-order valence-electron chi connectivity index (χ0n) is 11.1. The molecule has 108 valence electrons. The molecule has 1 atom stereocenters. The number of thioether (sulfide) groups is 1. The maximum Gasteiger partial charge on any atom is 0.296 e. The van der Waals surface area contributed by atoms with Crippen molar-refractivity contribution in [1.82, 2.24) is 20.2 Å². The van der Waals surface area contributed by atoms with Crippen LogP contribution < -0.4 is 16.6 Å². The highest BCUT2D eigenvalue weighted by Crippen LogP contribution is 2.21. The molecule has 0 fully saturated rings. The first-order valence-electron chi connectivity index (χ1n) is 6.28. The van der Waals surface area contributed by atoms with Gasteiger partial charge in [-0.05, 0) is 6.92 Å². The molecule has 2 rings (SSSR count). The van der Waals surface area contributed by atoms with Crippen molar-refractivity contribution < 1.29 is 4.79 Å². The number of hydrogen-bond acceptors (Lipinski definition) is 7. The van der Waals surface area contributed by atoms with Crippen LogP contribution in [0.1, 0.15) is 19.0 Å². The van der Waals surface area contributed by atoms with Crippen LogP contribution in [0, 0.1) is 0 Å². The Hall–Kier alpha value is -1.74. The van der Waals surface area contributed by atoms with Gasteiger partial charge >= 0.3 is 0 Å². The lowest BCUT2D eigenvalue weighted by Gasteiger charge is -2.14. The molecular weight excluding hydrogens is 280 g/mol. The molecule has 1 unspecified atom stereocenters. The Morgan fingerprint density at radius 2 is 2.35 bits per heavy atom. The quantitative estimate of drug-likeness (QED) is 0.718. The third-order valence-electron chi connectivity index (χ3n) is 2.62. The lowest BCUT2D eigenvalue weighted by atomic mass is 10.2. The van der Waals surface area contributed by atoms with Crippen LogP contribution in [0.4, 0.5) is 0 Å². The number of aryl methyl sites for hydroxylation is 1. The normalized spacial score (nSPS) is 16.8. The minimum atomic E-state index is -0.322. The average Bonchev–Trinajstić information content (AvgIpc) is 2.44. The largest absolute Gasteiger partial charge is 0.355 e. The predicted molar refractivity (Wildman–Crippen MR) is 75.9 cm³/mol. The molecule has 9 heteroatoms. The summed E-state index contributed by atoms with van der Waals surface area (Å²) in [4.78, 5) is 23.6. The van der Waals surface area contributed by atoms with Crippen molar-refractivity contribution in [1.29, 1.82) is 0 Å². The van der Waals surface area contributed by atoms with E-state index in [0.29, 0.717) is 18.2 Å². The van der Waals surface area contributed by atoms with E-state index in [1.165, 1.54) is 16.4 Å². The minimum Gasteiger partial charge on any atom is -0.355 e. The number of rotatable bonds is 5. The Bertz CT molecular complexity index is 585. The summed E-state index contributed by atoms with van der Waals surface area (Å²) < 4.78 is 1.23. The van der Waals surface area contributed by atoms with E-state index in [1.807, 2.05) is 6.92 Å². The van der Waals surface area contributed by atoms with Gasteiger partial charge in [-0.1, -0.05) is 11.8 Å². The Morgan fingerprint density at radius 1 is 1.55 bits per heavy atom. The monoisotopic (exact) mass is 296 g/mol. The molecule has 1 aliphatic rings. The number of fused-ring (bicyclic) bond motifs is 1. The van der Waals surface area contributed by atoms with Crippen LogP contribution in [0.5, 0.6) is 0 Å². The van der Waals surface area contributed by atoms with E-state index >= 15 is 0 Å². The molecule has 1 amide bonds. The standard InChI is InChI=1S/C11H16N6O2S/c1-7-6-14-17-10(19)8(15-16-11(17)20-7)2-3-9(18)13-5-4-12/h6-7H,2-5,12H2,1H3,(H,13,18). The predicted octanol–water partition coefficient (Wildman–Crippen LogP) is -1.03. The van der Waals surface area contributed by atoms with E-state index in [2.05, 4.69) is 20.6 Å². The van der Waals surface area contributed by atoms with Gasteiger partial charge in [0.1, 0.15) is 5.69 Å². The van der Waals surface area contributed by atoms with E-state index in [4.69, 9.17) is 5.73 Å². The van der Waals surface area contributed by atoms with E-state index in [9.17, 15) is 9.59 Å². The van der Waals surface area contributed by atoms with Crippen molar-refractivity contribution in [2.75, 3.05) is 13.1 Å². The van der Waals surface area contributed by atoms with Gasteiger partial charge < -0.3 is 11.1 Å². The third-order valence-corrected chi connectivity index (χ3v) is 3.57. The number of carbonyl (C=O) groups excluding carboxylic acids is 1. The zero-order valence-corrected chi connectivity index (χ0v) is 11.9. The summed E-state index contributed by atoms with van der Waals surface area (Å²) >= 11 is 1.42. The van der Waals surface area contributed by atoms with Crippen molar-refractivity contribution in [3.8, 4) is 0 Å². The zero-order chi connectivity index (χ0) is 14.5. The van der Waals surface area contributed by atoms with Crippen molar-refractivity contribution >= 4 is 23.9 Å². The molecule has 8 nitrogen and oxygen atoms in total. The Balaban J connectivity index is 2.07. The van der Waals surface area contributed by atoms with Crippen molar-refractivity contribution in [3.05, 3.63) is 16.0 Å². The van der Waals surface area contributed by atoms with Gasteiger partial charge in [0, 0.05) is 37.4 Å². The fourth-order valence-corrected chi connectivity index (χ4v) is 2.38. The second kappa shape index (κ2) is 6.62. The average molecular weight is 296 g/mol. The van der Waals surface area contributed by atoms with Gasteiger partial charge in [-0.2, -0.15) is 9.78 Å². The first kappa shape index (κ1) is 14.7. The Kier molecular flexibility index (Phi) is 4.85. The molecule has 1 aliphatic heterocycles. The molecule has 0 bridgehead atoms. The minimum absolute atomic E-state index is 0.161. The van der Waals surface area contributed by atoms with Crippen LogP contribution >= 0.6 is 11.8 Å². The molecule has 20 heavy (non-hydrogen) atoms. The molecule has 0 saturated heterocycles. The molecule has 0 spiro atoms. The molecular formula is C11H16N6O2S. The molecule has 3 N–H and O–H groups in total. The summed E-state index contributed by atoms with van der Waals surface area (Å²) in [5.41, 5.74) is 5.20. The SMILES string of the molecule is CC1C=Nn2c(nnc(CCC(=O)NCCN)c2=O)S1. The third kappa shape index (κ3) is 3.42. The van der Waals surface area contributed by atoms with Crippen molar-refractivity contribution in [3.63, 3.8) is 0 Å². The number of nitrogens with one attached hydrogen (secondary N) is 1. The maximum atomic E-state index is 12.1. The lowest BCUT2D eigenvalue weighted by Crippen LogP contribution is -2.31. The van der Waals surface area contributed by atoms with Crippen LogP contribution in [0.15, 0.2) is 15.1 Å². The molecule has 2 heterocycles. The van der Waals surface area contributed by atoms with Crippen LogP contribution in [0.2, 0.25) is 0 Å². The first-order valence-corrected chi connectivity index (χ1v) is 7.16. The summed E-state index contributed by atoms with van der Waals surface area (Å²) in [5.74, 6) is -0.161. The second-order valence-electron chi connectivity index (χ2n) is 4.27. The van der Waals surface area contributed by atoms with E-state index in [0.717, 1.165) is 0 Å². The Labute approximate surface area is 119 Å². The highest BCUT2D eigenvalue weighted by molar-refractivity contribution is 8.00. The molecule has 1 aromatic rings. The van der Waals surface area contributed by atoms with Gasteiger partial charge in [-0.25, -0.2) is 0 Å². The van der Waals surface area contributed by atoms with Gasteiger partial charge in [0.25, 0.3) is 5.56 Å². The topological polar surface area (TPSA) is 115 Å². The van der Waals surface area contributed by atoms with Gasteiger partial charge in [-0.3, -0.25) is 9.59 Å². The Morgan fingerprint density at radius 3 is 3.10 bits per heavy atom. The van der Waals surface area contributed by atoms with Gasteiger partial charge in [-0.15, -0.1) is 10.2 Å². The number of hydrogen-bond donors (Lipinski definition) is 2. The summed E-state index contributed by atoms with van der Waals surface area (Å²) in [7, 11) is 0. The summed E-state index contributed by atoms with van der Waals surface area (Å²) in [6.07, 6.45) is 2.09. The molecule has 1 aromatic heterocycles. The van der Waals surface area contributed by atoms with E-state index in [-0.39, 0.29) is 35.3 Å². The number of nitrogens with zero attached hydrogens (tertiary/aromatic N) is 4. The fraction of sp³-hybridized carbons (Fsp3) is 0.545. The van der Waals surface area contributed by atoms with Crippen molar-refractivity contribution in [2.45, 2.75) is 30.2 Å². The second-order valence-corrected chi connectivity index (χ2v) is 5.62. The lowest BCUT2D eigenvalue weighted by molar-refractivity contribution is -0.121. The first-order chi connectivity index (χ1) is 9.61. The van der Waals surface area contributed by atoms with Crippen LogP contribution in [-0.2, 0) is 11.2 Å². The smallest absolute Gasteiger partial charge is 0.296 e. The van der Waals surface area contributed by atoms with Crippen LogP contribution in [-0.4, -0.2) is 45.3 Å². The van der Waals surface area contributed by atoms with E-state index in [1.54, 1.807) is 6.21 Å². The van der Waals surface area contributed by atoms with Gasteiger partial charge in [0.15, 0.2) is 0 Å². The highest BCUT2D eigenvalue weighted by Gasteiger charge is 2.18. The summed E-state index contributed by atoms with van der Waals surface area (Å²) in [5, 5.41) is 15.2. The maximum absolute atomic E-state index is 12.1. The van der Waals surface area contributed by atoms with Gasteiger partial charge in [0.05, 0.1) is 0 Å². The summed E-state index contributed by atoms with van der Waals surface area (Å²) in [6, 6.07) is 0. The molecule has 0 aliphatic carbocycles. The summed E-state index contributed by atoms with van der Waals surface area (Å²) in [6.45, 7) is 2.77. The fourth-order valence-electron chi connectivity index (χ4n) is 1.62. The molecule has 0 radical (unpaired) electrons. The van der Waals surface area contributed by atoms with E-state index < -0.39 is 0 Å². The molecule has 0 saturated carbocycles. The number of nitrogens with two attached hydrogens (primary N) is 1. The number of carbonyl (C=O) groups is 1. The highest BCUT2D eigenvalue weighted by atomic mass is 32.2. The molecule has 0 aromatic carbocycles. The van der Waals surface area contributed by atoms with Crippen molar-refractivity contribution in [2.24, 2.45) is 10.8 Å². The number of aromatic nitrogens is 3.